The molecular formula is C74H141NO5. The zero-order valence-electron chi connectivity index (χ0n) is 54.1. The third kappa shape index (κ3) is 65.2. The first kappa shape index (κ1) is 78.1. The lowest BCUT2D eigenvalue weighted by atomic mass is 10.0. The van der Waals surface area contributed by atoms with E-state index in [0.717, 1.165) is 44.9 Å². The molecule has 0 bridgehead atoms. The van der Waals surface area contributed by atoms with E-state index in [1.807, 2.05) is 6.08 Å². The van der Waals surface area contributed by atoms with Crippen molar-refractivity contribution >= 4 is 11.9 Å². The maximum absolute atomic E-state index is 12.5. The van der Waals surface area contributed by atoms with E-state index in [2.05, 4.69) is 43.5 Å². The fraction of sp³-hybridized carbons (Fsp3) is 0.892. The Labute approximate surface area is 500 Å². The van der Waals surface area contributed by atoms with E-state index >= 15 is 0 Å². The molecule has 1 amide bonds. The van der Waals surface area contributed by atoms with Crippen molar-refractivity contribution < 1.29 is 24.5 Å². The van der Waals surface area contributed by atoms with Crippen LogP contribution in [0.1, 0.15) is 399 Å². The molecule has 6 heteroatoms. The molecule has 2 atom stereocenters. The minimum absolute atomic E-state index is 0.0140. The SMILES string of the molecule is CCCCCCCCCCCCCCCCCCCC/C=C/C(O)C(CO)NC(=O)CCCCCCCCCCCCCCCCC/C=C\C/C=C\CCCCCCCCCCCOC(=O)CCCCCCCCCCCCCC. The monoisotopic (exact) mass is 1120 g/mol. The minimum atomic E-state index is -0.845. The number of allylic oxidation sites excluding steroid dienone is 5. The van der Waals surface area contributed by atoms with Crippen LogP contribution in [0.4, 0.5) is 0 Å². The Morgan fingerprint density at radius 1 is 0.350 bits per heavy atom. The van der Waals surface area contributed by atoms with Crippen LogP contribution in [0.15, 0.2) is 36.5 Å². The zero-order valence-corrected chi connectivity index (χ0v) is 54.1. The van der Waals surface area contributed by atoms with Gasteiger partial charge in [-0.3, -0.25) is 9.59 Å². The van der Waals surface area contributed by atoms with Gasteiger partial charge in [0.15, 0.2) is 0 Å². The molecule has 0 rings (SSSR count). The second kappa shape index (κ2) is 69.6. The molecule has 2 unspecified atom stereocenters. The molecule has 0 aromatic carbocycles. The molecule has 472 valence electrons. The first-order valence-corrected chi connectivity index (χ1v) is 36.3. The van der Waals surface area contributed by atoms with E-state index in [1.165, 1.54) is 327 Å². The summed E-state index contributed by atoms with van der Waals surface area (Å²) in [4.78, 5) is 24.5. The summed E-state index contributed by atoms with van der Waals surface area (Å²) in [6, 6.07) is -0.628. The van der Waals surface area contributed by atoms with E-state index in [1.54, 1.807) is 6.08 Å². The highest BCUT2D eigenvalue weighted by atomic mass is 16.5. The molecule has 3 N–H and O–H groups in total. The number of unbranched alkanes of at least 4 members (excludes halogenated alkanes) is 53. The van der Waals surface area contributed by atoms with Gasteiger partial charge in [-0.1, -0.05) is 359 Å². The molecule has 0 radical (unpaired) electrons. The predicted molar refractivity (Wildman–Crippen MR) is 352 cm³/mol. The molecule has 0 aliphatic heterocycles. The highest BCUT2D eigenvalue weighted by Crippen LogP contribution is 2.19. The zero-order chi connectivity index (χ0) is 57.8. The molecule has 0 saturated heterocycles. The summed E-state index contributed by atoms with van der Waals surface area (Å²) in [5, 5.41) is 23.2. The lowest BCUT2D eigenvalue weighted by Crippen LogP contribution is -2.45. The van der Waals surface area contributed by atoms with Gasteiger partial charge in [-0.15, -0.1) is 0 Å². The Morgan fingerprint density at radius 2 is 0.625 bits per heavy atom. The number of carbonyl (C=O) groups is 2. The molecule has 0 aliphatic carbocycles. The van der Waals surface area contributed by atoms with Crippen LogP contribution in [0, 0.1) is 0 Å². The second-order valence-electron chi connectivity index (χ2n) is 24.9. The van der Waals surface area contributed by atoms with Crippen molar-refractivity contribution in [3.63, 3.8) is 0 Å². The lowest BCUT2D eigenvalue weighted by Gasteiger charge is -2.20. The Kier molecular flexibility index (Phi) is 67.9. The topological polar surface area (TPSA) is 95.9 Å². The van der Waals surface area contributed by atoms with E-state index in [4.69, 9.17) is 4.74 Å². The van der Waals surface area contributed by atoms with Gasteiger partial charge in [-0.05, 0) is 64.2 Å². The number of esters is 1. The molecule has 0 aliphatic rings. The van der Waals surface area contributed by atoms with Crippen molar-refractivity contribution in [1.82, 2.24) is 5.32 Å². The normalized spacial score (nSPS) is 12.7. The van der Waals surface area contributed by atoms with Gasteiger partial charge >= 0.3 is 5.97 Å². The minimum Gasteiger partial charge on any atom is -0.466 e. The van der Waals surface area contributed by atoms with Crippen molar-refractivity contribution in [2.45, 2.75) is 411 Å². The smallest absolute Gasteiger partial charge is 0.305 e. The second-order valence-corrected chi connectivity index (χ2v) is 24.9. The number of carbonyl (C=O) groups excluding carboxylic acids is 2. The van der Waals surface area contributed by atoms with Crippen LogP contribution in [0.3, 0.4) is 0 Å². The predicted octanol–water partition coefficient (Wildman–Crippen LogP) is 23.5. The Bertz CT molecular complexity index is 1300. The highest BCUT2D eigenvalue weighted by molar-refractivity contribution is 5.76. The van der Waals surface area contributed by atoms with Gasteiger partial charge in [0.1, 0.15) is 0 Å². The highest BCUT2D eigenvalue weighted by Gasteiger charge is 2.18. The van der Waals surface area contributed by atoms with E-state index in [-0.39, 0.29) is 18.5 Å². The first-order chi connectivity index (χ1) is 39.5. The number of hydrogen-bond acceptors (Lipinski definition) is 5. The third-order valence-electron chi connectivity index (χ3n) is 16.9. The molecule has 0 saturated carbocycles. The van der Waals surface area contributed by atoms with Crippen LogP contribution >= 0.6 is 0 Å². The van der Waals surface area contributed by atoms with Gasteiger partial charge in [0.25, 0.3) is 0 Å². The summed E-state index contributed by atoms with van der Waals surface area (Å²) in [7, 11) is 0. The fourth-order valence-corrected chi connectivity index (χ4v) is 11.4. The number of nitrogens with one attached hydrogen (secondary N) is 1. The average molecular weight is 1120 g/mol. The molecule has 80 heavy (non-hydrogen) atoms. The van der Waals surface area contributed by atoms with Crippen LogP contribution in [-0.2, 0) is 14.3 Å². The number of hydrogen-bond donors (Lipinski definition) is 3. The fourth-order valence-electron chi connectivity index (χ4n) is 11.4. The van der Waals surface area contributed by atoms with Crippen molar-refractivity contribution in [3.05, 3.63) is 36.5 Å². The number of aliphatic hydroxyl groups excluding tert-OH is 2. The molecule has 0 aromatic rings. The van der Waals surface area contributed by atoms with Gasteiger partial charge in [0, 0.05) is 12.8 Å². The number of rotatable bonds is 68. The van der Waals surface area contributed by atoms with E-state index in [9.17, 15) is 19.8 Å². The van der Waals surface area contributed by atoms with Gasteiger partial charge < -0.3 is 20.3 Å². The van der Waals surface area contributed by atoms with Gasteiger partial charge in [0.2, 0.25) is 5.91 Å². The quantitative estimate of drug-likeness (QED) is 0.0320. The van der Waals surface area contributed by atoms with Crippen LogP contribution < -0.4 is 5.32 Å². The van der Waals surface area contributed by atoms with Crippen LogP contribution in [0.25, 0.3) is 0 Å². The summed E-state index contributed by atoms with van der Waals surface area (Å²) in [5.41, 5.74) is 0. The van der Waals surface area contributed by atoms with Crippen LogP contribution in [-0.4, -0.2) is 47.4 Å². The maximum Gasteiger partial charge on any atom is 0.305 e. The Hall–Kier alpha value is -1.92. The van der Waals surface area contributed by atoms with Gasteiger partial charge in [-0.2, -0.15) is 0 Å². The van der Waals surface area contributed by atoms with Crippen LogP contribution in [0.2, 0.25) is 0 Å². The maximum atomic E-state index is 12.5. The molecule has 0 heterocycles. The molecular weight excluding hydrogens is 983 g/mol. The van der Waals surface area contributed by atoms with Crippen LogP contribution in [0.5, 0.6) is 0 Å². The summed E-state index contributed by atoms with van der Waals surface area (Å²) in [6.45, 7) is 4.94. The first-order valence-electron chi connectivity index (χ1n) is 36.3. The summed E-state index contributed by atoms with van der Waals surface area (Å²) in [6.07, 6.45) is 89.5. The van der Waals surface area contributed by atoms with Crippen molar-refractivity contribution in [2.75, 3.05) is 13.2 Å². The Morgan fingerprint density at radius 3 is 0.950 bits per heavy atom. The molecule has 0 spiro atoms. The largest absolute Gasteiger partial charge is 0.466 e. The third-order valence-corrected chi connectivity index (χ3v) is 16.9. The summed E-state index contributed by atoms with van der Waals surface area (Å²) >= 11 is 0. The van der Waals surface area contributed by atoms with Gasteiger partial charge in [-0.25, -0.2) is 0 Å². The standard InChI is InChI=1S/C74H141NO5/c1-3-5-7-9-11-13-15-17-18-19-20-34-37-40-43-46-50-54-58-62-66-72(77)71(70-76)75-73(78)67-63-59-55-51-47-44-41-38-35-32-30-28-26-24-22-21-23-25-27-29-31-33-36-39-42-45-49-53-57-61-65-69-80-74(79)68-64-60-56-52-48-16-14-12-10-8-6-4-2/h23,25,29,31,62,66,71-72,76-77H,3-22,24,26-28,30,32-61,63-65,67-70H2,1-2H3,(H,75,78)/b25-23-,31-29-,66-62+. The number of ether oxygens (including phenoxy) is 1. The van der Waals surface area contributed by atoms with E-state index < -0.39 is 12.1 Å². The molecule has 0 fully saturated rings. The van der Waals surface area contributed by atoms with Gasteiger partial charge in [0.05, 0.1) is 25.4 Å². The van der Waals surface area contributed by atoms with E-state index in [0.29, 0.717) is 19.4 Å². The van der Waals surface area contributed by atoms with Crippen molar-refractivity contribution in [1.29, 1.82) is 0 Å². The summed E-state index contributed by atoms with van der Waals surface area (Å²) < 4.78 is 5.48. The van der Waals surface area contributed by atoms with Crippen molar-refractivity contribution in [2.24, 2.45) is 0 Å². The molecule has 0 aromatic heterocycles. The average Bonchev–Trinajstić information content (AvgIpc) is 3.46. The molecule has 6 nitrogen and oxygen atoms in total. The van der Waals surface area contributed by atoms with Crippen molar-refractivity contribution in [3.8, 4) is 0 Å². The Balaban J connectivity index is 3.42. The summed E-state index contributed by atoms with van der Waals surface area (Å²) in [5.74, 6) is -0.0497. The lowest BCUT2D eigenvalue weighted by molar-refractivity contribution is -0.143. The number of amides is 1. The number of aliphatic hydroxyl groups is 2.